The first kappa shape index (κ1) is 25.7. The lowest BCUT2D eigenvalue weighted by Crippen LogP contribution is -2.50. The maximum absolute atomic E-state index is 13.1. The lowest BCUT2D eigenvalue weighted by Gasteiger charge is -2.33. The second-order valence-electron chi connectivity index (χ2n) is 8.59. The molecular formula is C23H29FN4O5S2. The Balaban J connectivity index is 1.23. The van der Waals surface area contributed by atoms with E-state index in [0.717, 1.165) is 25.0 Å². The van der Waals surface area contributed by atoms with Crippen LogP contribution in [-0.4, -0.2) is 88.6 Å². The Morgan fingerprint density at radius 3 is 1.77 bits per heavy atom. The van der Waals surface area contributed by atoms with Gasteiger partial charge in [-0.3, -0.25) is 9.69 Å². The molecule has 1 N–H and O–H groups in total. The van der Waals surface area contributed by atoms with Gasteiger partial charge in [0.2, 0.25) is 20.0 Å². The molecule has 2 fully saturated rings. The topological polar surface area (TPSA) is 107 Å². The second kappa shape index (κ2) is 10.7. The fraction of sp³-hybridized carbons (Fsp3) is 0.435. The molecule has 190 valence electrons. The van der Waals surface area contributed by atoms with Crippen LogP contribution in [0.25, 0.3) is 0 Å². The van der Waals surface area contributed by atoms with Crippen molar-refractivity contribution in [2.75, 3.05) is 52.4 Å². The average molecular weight is 525 g/mol. The molecule has 2 heterocycles. The number of halogens is 1. The van der Waals surface area contributed by atoms with Crippen LogP contribution in [-0.2, 0) is 20.0 Å². The highest BCUT2D eigenvalue weighted by molar-refractivity contribution is 7.89. The lowest BCUT2D eigenvalue weighted by atomic mass is 10.2. The summed E-state index contributed by atoms with van der Waals surface area (Å²) in [5, 5.41) is 2.82. The van der Waals surface area contributed by atoms with Crippen molar-refractivity contribution < 1.29 is 26.0 Å². The third kappa shape index (κ3) is 5.89. The van der Waals surface area contributed by atoms with Gasteiger partial charge in [-0.1, -0.05) is 0 Å². The van der Waals surface area contributed by atoms with Gasteiger partial charge in [0.1, 0.15) is 5.82 Å². The van der Waals surface area contributed by atoms with Gasteiger partial charge in [0.15, 0.2) is 0 Å². The summed E-state index contributed by atoms with van der Waals surface area (Å²) >= 11 is 0. The number of nitrogens with zero attached hydrogens (tertiary/aromatic N) is 3. The van der Waals surface area contributed by atoms with Crippen molar-refractivity contribution >= 4 is 26.0 Å². The van der Waals surface area contributed by atoms with Gasteiger partial charge in [0, 0.05) is 57.9 Å². The SMILES string of the molecule is O=C(NCCN1CCN(S(=O)(=O)c2ccc(F)cc2)CC1)c1ccc(S(=O)(=O)N2CCCC2)cc1. The zero-order chi connectivity index (χ0) is 25.1. The van der Waals surface area contributed by atoms with Gasteiger partial charge in [-0.15, -0.1) is 0 Å². The van der Waals surface area contributed by atoms with E-state index in [4.69, 9.17) is 0 Å². The maximum Gasteiger partial charge on any atom is 0.251 e. The zero-order valence-electron chi connectivity index (χ0n) is 19.3. The highest BCUT2D eigenvalue weighted by Gasteiger charge is 2.29. The second-order valence-corrected chi connectivity index (χ2v) is 12.5. The first-order chi connectivity index (χ1) is 16.7. The number of rotatable bonds is 8. The van der Waals surface area contributed by atoms with E-state index in [2.05, 4.69) is 10.2 Å². The molecule has 4 rings (SSSR count). The first-order valence-electron chi connectivity index (χ1n) is 11.5. The Morgan fingerprint density at radius 1 is 0.743 bits per heavy atom. The van der Waals surface area contributed by atoms with E-state index in [-0.39, 0.29) is 15.7 Å². The molecule has 0 radical (unpaired) electrons. The molecule has 0 bridgehead atoms. The van der Waals surface area contributed by atoms with Crippen LogP contribution in [0.15, 0.2) is 58.3 Å². The number of benzene rings is 2. The molecule has 0 unspecified atom stereocenters. The van der Waals surface area contributed by atoms with Crippen molar-refractivity contribution in [2.24, 2.45) is 0 Å². The monoisotopic (exact) mass is 524 g/mol. The van der Waals surface area contributed by atoms with Crippen molar-refractivity contribution in [3.05, 3.63) is 59.9 Å². The van der Waals surface area contributed by atoms with E-state index < -0.39 is 25.9 Å². The van der Waals surface area contributed by atoms with Crippen molar-refractivity contribution in [3.8, 4) is 0 Å². The highest BCUT2D eigenvalue weighted by Crippen LogP contribution is 2.21. The summed E-state index contributed by atoms with van der Waals surface area (Å²) < 4.78 is 66.6. The van der Waals surface area contributed by atoms with Crippen LogP contribution >= 0.6 is 0 Å². The summed E-state index contributed by atoms with van der Waals surface area (Å²) in [6.45, 7) is 3.61. The standard InChI is InChI=1S/C23H29FN4O5S2/c24-20-5-9-22(10-6-20)35(32,33)28-17-15-26(16-18-28)14-11-25-23(29)19-3-7-21(8-4-19)34(30,31)27-12-1-2-13-27/h3-10H,1-2,11-18H2,(H,25,29). The molecule has 0 atom stereocenters. The van der Waals surface area contributed by atoms with Crippen molar-refractivity contribution in [2.45, 2.75) is 22.6 Å². The minimum absolute atomic E-state index is 0.0684. The summed E-state index contributed by atoms with van der Waals surface area (Å²) in [6, 6.07) is 10.7. The summed E-state index contributed by atoms with van der Waals surface area (Å²) in [4.78, 5) is 14.8. The highest BCUT2D eigenvalue weighted by atomic mass is 32.2. The van der Waals surface area contributed by atoms with Crippen LogP contribution in [0.5, 0.6) is 0 Å². The van der Waals surface area contributed by atoms with Gasteiger partial charge < -0.3 is 5.32 Å². The van der Waals surface area contributed by atoms with Gasteiger partial charge in [0.25, 0.3) is 5.91 Å². The predicted molar refractivity (Wildman–Crippen MR) is 128 cm³/mol. The summed E-state index contributed by atoms with van der Waals surface area (Å²) in [5.41, 5.74) is 0.376. The van der Waals surface area contributed by atoms with Gasteiger partial charge in [-0.05, 0) is 61.4 Å². The first-order valence-corrected chi connectivity index (χ1v) is 14.4. The molecule has 2 saturated heterocycles. The molecule has 0 saturated carbocycles. The van der Waals surface area contributed by atoms with Crippen molar-refractivity contribution in [1.29, 1.82) is 0 Å². The Kier molecular flexibility index (Phi) is 7.86. The number of sulfonamides is 2. The predicted octanol–water partition coefficient (Wildman–Crippen LogP) is 1.35. The van der Waals surface area contributed by atoms with Crippen LogP contribution in [0.4, 0.5) is 4.39 Å². The molecular weight excluding hydrogens is 495 g/mol. The fourth-order valence-corrected chi connectivity index (χ4v) is 7.17. The average Bonchev–Trinajstić information content (AvgIpc) is 3.41. The Labute approximate surface area is 205 Å². The number of carbonyl (C=O) groups is 1. The maximum atomic E-state index is 13.1. The summed E-state index contributed by atoms with van der Waals surface area (Å²) in [6.07, 6.45) is 1.72. The molecule has 2 aromatic carbocycles. The molecule has 35 heavy (non-hydrogen) atoms. The van der Waals surface area contributed by atoms with Crippen LogP contribution < -0.4 is 5.32 Å². The van der Waals surface area contributed by atoms with Crippen molar-refractivity contribution in [3.63, 3.8) is 0 Å². The molecule has 2 aliphatic heterocycles. The van der Waals surface area contributed by atoms with Gasteiger partial charge >= 0.3 is 0 Å². The number of nitrogens with one attached hydrogen (secondary N) is 1. The van der Waals surface area contributed by atoms with E-state index in [1.54, 1.807) is 0 Å². The molecule has 0 aliphatic carbocycles. The van der Waals surface area contributed by atoms with E-state index in [9.17, 15) is 26.0 Å². The van der Waals surface area contributed by atoms with Gasteiger partial charge in [0.05, 0.1) is 9.79 Å². The largest absolute Gasteiger partial charge is 0.351 e. The quantitative estimate of drug-likeness (QED) is 0.559. The third-order valence-electron chi connectivity index (χ3n) is 6.32. The Bertz CT molecular complexity index is 1240. The third-order valence-corrected chi connectivity index (χ3v) is 10.1. The Morgan fingerprint density at radius 2 is 1.23 bits per heavy atom. The van der Waals surface area contributed by atoms with Gasteiger partial charge in [-0.25, -0.2) is 21.2 Å². The minimum atomic E-state index is -3.67. The normalized spacial score (nSPS) is 18.5. The number of piperazine rings is 1. The molecule has 2 aliphatic rings. The minimum Gasteiger partial charge on any atom is -0.351 e. The molecule has 9 nitrogen and oxygen atoms in total. The van der Waals surface area contributed by atoms with Crippen LogP contribution in [0.3, 0.4) is 0 Å². The summed E-state index contributed by atoms with van der Waals surface area (Å²) in [7, 11) is -7.18. The Hall–Kier alpha value is -2.38. The number of hydrogen-bond donors (Lipinski definition) is 1. The van der Waals surface area contributed by atoms with E-state index in [0.29, 0.717) is 57.9 Å². The van der Waals surface area contributed by atoms with Crippen LogP contribution in [0.2, 0.25) is 0 Å². The smallest absolute Gasteiger partial charge is 0.251 e. The van der Waals surface area contributed by atoms with E-state index in [1.165, 1.54) is 45.0 Å². The van der Waals surface area contributed by atoms with Crippen LogP contribution in [0, 0.1) is 5.82 Å². The number of carbonyl (C=O) groups excluding carboxylic acids is 1. The van der Waals surface area contributed by atoms with E-state index >= 15 is 0 Å². The molecule has 12 heteroatoms. The fourth-order valence-electron chi connectivity index (χ4n) is 4.23. The summed E-state index contributed by atoms with van der Waals surface area (Å²) in [5.74, 6) is -0.786. The number of hydrogen-bond acceptors (Lipinski definition) is 6. The molecule has 2 aromatic rings. The molecule has 1 amide bonds. The van der Waals surface area contributed by atoms with Crippen LogP contribution in [0.1, 0.15) is 23.2 Å². The van der Waals surface area contributed by atoms with Gasteiger partial charge in [-0.2, -0.15) is 8.61 Å². The number of amides is 1. The lowest BCUT2D eigenvalue weighted by molar-refractivity contribution is 0.0945. The molecule has 0 aromatic heterocycles. The van der Waals surface area contributed by atoms with E-state index in [1.807, 2.05) is 0 Å². The van der Waals surface area contributed by atoms with Crippen molar-refractivity contribution in [1.82, 2.24) is 18.8 Å². The zero-order valence-corrected chi connectivity index (χ0v) is 20.9. The molecule has 0 spiro atoms.